The molecule has 1 atom stereocenters. The molecule has 0 radical (unpaired) electrons. The SMILES string of the molecule is Cc1cccc(Nc2nc([S+](C)[O-])nc3c2C(=O)NCO3)c1. The summed E-state index contributed by atoms with van der Waals surface area (Å²) in [6.45, 7) is 1.99. The zero-order chi connectivity index (χ0) is 15.7. The second-order valence-electron chi connectivity index (χ2n) is 4.78. The molecule has 114 valence electrons. The Morgan fingerprint density at radius 2 is 2.23 bits per heavy atom. The molecule has 1 aliphatic rings. The summed E-state index contributed by atoms with van der Waals surface area (Å²) < 4.78 is 17.0. The van der Waals surface area contributed by atoms with Gasteiger partial charge in [-0.2, -0.15) is 4.98 Å². The lowest BCUT2D eigenvalue weighted by Crippen LogP contribution is -2.34. The monoisotopic (exact) mass is 318 g/mol. The molecule has 1 amide bonds. The minimum absolute atomic E-state index is 0.0303. The fraction of sp³-hybridized carbons (Fsp3) is 0.214. The van der Waals surface area contributed by atoms with E-state index in [2.05, 4.69) is 20.6 Å². The molecule has 1 aromatic heterocycles. The molecular formula is C14H14N4O3S. The number of rotatable bonds is 3. The molecule has 8 heteroatoms. The van der Waals surface area contributed by atoms with Crippen molar-refractivity contribution in [2.75, 3.05) is 18.3 Å². The Morgan fingerprint density at radius 1 is 1.41 bits per heavy atom. The lowest BCUT2D eigenvalue weighted by molar-refractivity contribution is 0.0877. The van der Waals surface area contributed by atoms with Gasteiger partial charge in [0.05, 0.1) is 0 Å². The first kappa shape index (κ1) is 14.6. The van der Waals surface area contributed by atoms with Crippen LogP contribution >= 0.6 is 0 Å². The van der Waals surface area contributed by atoms with Crippen LogP contribution in [0, 0.1) is 6.92 Å². The molecule has 0 saturated carbocycles. The Hall–Kier alpha value is -2.32. The standard InChI is InChI=1S/C14H14N4O3S/c1-8-4-3-5-9(6-8)16-11-10-12(19)15-7-21-13(10)18-14(17-11)22(2)20/h3-6H,7H2,1-2H3,(H,15,19)(H,16,17,18). The molecule has 0 fully saturated rings. The smallest absolute Gasteiger partial charge is 0.347 e. The zero-order valence-corrected chi connectivity index (χ0v) is 12.9. The normalized spacial score (nSPS) is 14.6. The summed E-state index contributed by atoms with van der Waals surface area (Å²) in [6, 6.07) is 7.62. The number of nitrogens with zero attached hydrogens (tertiary/aromatic N) is 2. The van der Waals surface area contributed by atoms with E-state index < -0.39 is 11.2 Å². The number of hydrogen-bond acceptors (Lipinski definition) is 6. The molecule has 0 bridgehead atoms. The summed E-state index contributed by atoms with van der Waals surface area (Å²) >= 11 is -1.38. The van der Waals surface area contributed by atoms with E-state index in [0.29, 0.717) is 0 Å². The van der Waals surface area contributed by atoms with Gasteiger partial charge in [-0.1, -0.05) is 12.1 Å². The van der Waals surface area contributed by atoms with Crippen molar-refractivity contribution in [1.82, 2.24) is 15.3 Å². The molecule has 3 rings (SSSR count). The van der Waals surface area contributed by atoms with Crippen LogP contribution < -0.4 is 15.4 Å². The Balaban J connectivity index is 2.08. The van der Waals surface area contributed by atoms with Crippen LogP contribution in [0.1, 0.15) is 15.9 Å². The van der Waals surface area contributed by atoms with Crippen LogP contribution in [0.4, 0.5) is 11.5 Å². The van der Waals surface area contributed by atoms with Gasteiger partial charge in [-0.3, -0.25) is 4.79 Å². The van der Waals surface area contributed by atoms with E-state index in [-0.39, 0.29) is 35.1 Å². The lowest BCUT2D eigenvalue weighted by atomic mass is 10.2. The molecule has 0 saturated heterocycles. The number of carbonyl (C=O) groups excluding carboxylic acids is 1. The van der Waals surface area contributed by atoms with Gasteiger partial charge in [0.15, 0.2) is 12.5 Å². The van der Waals surface area contributed by atoms with Crippen molar-refractivity contribution in [3.05, 3.63) is 35.4 Å². The fourth-order valence-electron chi connectivity index (χ4n) is 2.07. The van der Waals surface area contributed by atoms with Crippen molar-refractivity contribution in [3.63, 3.8) is 0 Å². The number of fused-ring (bicyclic) bond motifs is 1. The van der Waals surface area contributed by atoms with Gasteiger partial charge in [0, 0.05) is 16.9 Å². The minimum Gasteiger partial charge on any atom is -0.609 e. The van der Waals surface area contributed by atoms with E-state index in [4.69, 9.17) is 4.74 Å². The molecule has 0 aliphatic carbocycles. The number of ether oxygens (including phenoxy) is 1. The highest BCUT2D eigenvalue weighted by atomic mass is 32.2. The summed E-state index contributed by atoms with van der Waals surface area (Å²) in [5, 5.41) is 5.75. The first-order chi connectivity index (χ1) is 10.5. The van der Waals surface area contributed by atoms with Gasteiger partial charge >= 0.3 is 5.16 Å². The molecular weight excluding hydrogens is 304 g/mol. The lowest BCUT2D eigenvalue weighted by Gasteiger charge is -2.20. The molecule has 2 aromatic rings. The van der Waals surface area contributed by atoms with Gasteiger partial charge in [0.2, 0.25) is 5.88 Å². The summed E-state index contributed by atoms with van der Waals surface area (Å²) in [6.07, 6.45) is 1.47. The number of aryl methyl sites for hydroxylation is 1. The highest BCUT2D eigenvalue weighted by Gasteiger charge is 2.28. The van der Waals surface area contributed by atoms with Crippen LogP contribution in [0.25, 0.3) is 0 Å². The first-order valence-electron chi connectivity index (χ1n) is 6.55. The largest absolute Gasteiger partial charge is 0.609 e. The van der Waals surface area contributed by atoms with E-state index in [1.165, 1.54) is 6.26 Å². The number of carbonyl (C=O) groups is 1. The summed E-state index contributed by atoms with van der Waals surface area (Å²) in [7, 11) is 0. The van der Waals surface area contributed by atoms with Crippen LogP contribution in [0.2, 0.25) is 0 Å². The molecule has 2 heterocycles. The van der Waals surface area contributed by atoms with Gasteiger partial charge in [0.1, 0.15) is 11.8 Å². The van der Waals surface area contributed by atoms with E-state index in [1.54, 1.807) is 0 Å². The molecule has 2 N–H and O–H groups in total. The maximum Gasteiger partial charge on any atom is 0.347 e. The van der Waals surface area contributed by atoms with Gasteiger partial charge in [-0.05, 0) is 24.6 Å². The molecule has 7 nitrogen and oxygen atoms in total. The fourth-order valence-corrected chi connectivity index (χ4v) is 2.50. The predicted octanol–water partition coefficient (Wildman–Crippen LogP) is 1.35. The predicted molar refractivity (Wildman–Crippen MR) is 81.8 cm³/mol. The van der Waals surface area contributed by atoms with Crippen LogP contribution in [0.5, 0.6) is 5.88 Å². The molecule has 1 aromatic carbocycles. The van der Waals surface area contributed by atoms with Crippen molar-refractivity contribution < 1.29 is 14.1 Å². The van der Waals surface area contributed by atoms with Crippen molar-refractivity contribution in [3.8, 4) is 5.88 Å². The maximum atomic E-state index is 12.1. The topological polar surface area (TPSA) is 99.2 Å². The number of amides is 1. The van der Waals surface area contributed by atoms with E-state index in [0.717, 1.165) is 11.3 Å². The minimum atomic E-state index is -1.38. The van der Waals surface area contributed by atoms with Crippen molar-refractivity contribution in [2.24, 2.45) is 0 Å². The summed E-state index contributed by atoms with van der Waals surface area (Å²) in [5.41, 5.74) is 2.04. The number of hydrogen-bond donors (Lipinski definition) is 2. The van der Waals surface area contributed by atoms with E-state index in [9.17, 15) is 9.35 Å². The average Bonchev–Trinajstić information content (AvgIpc) is 2.47. The van der Waals surface area contributed by atoms with Crippen molar-refractivity contribution >= 4 is 28.6 Å². The van der Waals surface area contributed by atoms with Crippen LogP contribution in [-0.4, -0.2) is 33.4 Å². The Labute approximate surface area is 130 Å². The average molecular weight is 318 g/mol. The van der Waals surface area contributed by atoms with Crippen LogP contribution in [0.15, 0.2) is 29.4 Å². The molecule has 0 spiro atoms. The van der Waals surface area contributed by atoms with E-state index in [1.807, 2.05) is 31.2 Å². The molecule has 1 unspecified atom stereocenters. The quantitative estimate of drug-likeness (QED) is 0.654. The van der Waals surface area contributed by atoms with Gasteiger partial charge in [0.25, 0.3) is 5.91 Å². The third-order valence-corrected chi connectivity index (χ3v) is 3.76. The number of anilines is 2. The Bertz CT molecular complexity index is 736. The first-order valence-corrected chi connectivity index (χ1v) is 8.10. The number of aromatic nitrogens is 2. The van der Waals surface area contributed by atoms with Gasteiger partial charge < -0.3 is 19.9 Å². The zero-order valence-electron chi connectivity index (χ0n) is 12.0. The highest BCUT2D eigenvalue weighted by molar-refractivity contribution is 7.90. The third kappa shape index (κ3) is 2.83. The van der Waals surface area contributed by atoms with Gasteiger partial charge in [-0.25, -0.2) is 0 Å². The summed E-state index contributed by atoms with van der Waals surface area (Å²) in [5.74, 6) is 0.0851. The Morgan fingerprint density at radius 3 is 2.95 bits per heavy atom. The second-order valence-corrected chi connectivity index (χ2v) is 6.05. The molecule has 1 aliphatic heterocycles. The third-order valence-electron chi connectivity index (χ3n) is 3.06. The highest BCUT2D eigenvalue weighted by Crippen LogP contribution is 2.29. The van der Waals surface area contributed by atoms with E-state index >= 15 is 0 Å². The van der Waals surface area contributed by atoms with Gasteiger partial charge in [-0.15, -0.1) is 4.98 Å². The maximum absolute atomic E-state index is 12.1. The van der Waals surface area contributed by atoms with Crippen LogP contribution in [-0.2, 0) is 11.2 Å². The summed E-state index contributed by atoms with van der Waals surface area (Å²) in [4.78, 5) is 20.3. The number of nitrogens with one attached hydrogen (secondary N) is 2. The van der Waals surface area contributed by atoms with Crippen molar-refractivity contribution in [2.45, 2.75) is 12.1 Å². The molecule has 22 heavy (non-hydrogen) atoms. The second kappa shape index (κ2) is 5.82. The number of benzene rings is 1. The van der Waals surface area contributed by atoms with Crippen LogP contribution in [0.3, 0.4) is 0 Å². The van der Waals surface area contributed by atoms with Crippen molar-refractivity contribution in [1.29, 1.82) is 0 Å². The Kier molecular flexibility index (Phi) is 3.86.